The molecule has 1 heterocycles. The molecule has 4 nitrogen and oxygen atoms in total. The summed E-state index contributed by atoms with van der Waals surface area (Å²) in [4.78, 5) is 11.5. The molecule has 0 aliphatic rings. The Morgan fingerprint density at radius 1 is 1.50 bits per heavy atom. The Kier molecular flexibility index (Phi) is 3.88. The first kappa shape index (κ1) is 12.5. The van der Waals surface area contributed by atoms with Gasteiger partial charge in [0.1, 0.15) is 5.00 Å². The number of nitrogens with one attached hydrogen (secondary N) is 1. The van der Waals surface area contributed by atoms with Crippen LogP contribution in [0.5, 0.6) is 5.75 Å². The van der Waals surface area contributed by atoms with Gasteiger partial charge in [0.05, 0.1) is 5.69 Å². The fourth-order valence-corrected chi connectivity index (χ4v) is 1.98. The normalized spacial score (nSPS) is 10.1. The number of hydrogen-bond donors (Lipinski definition) is 1. The summed E-state index contributed by atoms with van der Waals surface area (Å²) in [5.74, 6) is -0.769. The molecule has 0 aliphatic carbocycles. The molecule has 0 saturated heterocycles. The third-order valence-electron chi connectivity index (χ3n) is 2.09. The number of aryl methyl sites for hydroxylation is 1. The largest absolute Gasteiger partial charge is 0.481 e. The predicted molar refractivity (Wildman–Crippen MR) is 67.4 cm³/mol. The summed E-state index contributed by atoms with van der Waals surface area (Å²) in [6, 6.07) is 7.70. The van der Waals surface area contributed by atoms with Gasteiger partial charge >= 0.3 is 0 Å². The lowest BCUT2D eigenvalue weighted by Gasteiger charge is -2.06. The number of amides is 1. The van der Waals surface area contributed by atoms with Gasteiger partial charge in [-0.25, -0.2) is 4.39 Å². The molecular formula is C12H11FN2O2S. The van der Waals surface area contributed by atoms with Gasteiger partial charge in [-0.05, 0) is 36.7 Å². The lowest BCUT2D eigenvalue weighted by Crippen LogP contribution is -2.19. The number of hydrogen-bond acceptors (Lipinski definition) is 4. The van der Waals surface area contributed by atoms with Crippen LogP contribution in [0.1, 0.15) is 5.69 Å². The number of rotatable bonds is 4. The van der Waals surface area contributed by atoms with Gasteiger partial charge in [0.2, 0.25) is 0 Å². The van der Waals surface area contributed by atoms with Crippen LogP contribution in [-0.4, -0.2) is 16.9 Å². The summed E-state index contributed by atoms with van der Waals surface area (Å²) in [6.45, 7) is 1.60. The number of benzene rings is 1. The molecule has 18 heavy (non-hydrogen) atoms. The second-order valence-corrected chi connectivity index (χ2v) is 4.40. The van der Waals surface area contributed by atoms with Crippen LogP contribution in [0.15, 0.2) is 30.3 Å². The second kappa shape index (κ2) is 5.59. The first-order valence-corrected chi connectivity index (χ1v) is 6.03. The number of halogens is 1. The van der Waals surface area contributed by atoms with Crippen LogP contribution in [0.2, 0.25) is 0 Å². The molecule has 0 saturated carbocycles. The van der Waals surface area contributed by atoms with E-state index in [1.807, 2.05) is 6.92 Å². The van der Waals surface area contributed by atoms with E-state index in [9.17, 15) is 9.18 Å². The fraction of sp³-hybridized carbons (Fsp3) is 0.167. The highest BCUT2D eigenvalue weighted by Gasteiger charge is 2.07. The van der Waals surface area contributed by atoms with E-state index in [-0.39, 0.29) is 18.3 Å². The number of carbonyl (C=O) groups is 1. The minimum Gasteiger partial charge on any atom is -0.481 e. The monoisotopic (exact) mass is 266 g/mol. The quantitative estimate of drug-likeness (QED) is 0.925. The van der Waals surface area contributed by atoms with Crippen molar-refractivity contribution in [3.05, 3.63) is 41.8 Å². The second-order valence-electron chi connectivity index (χ2n) is 3.60. The molecule has 94 valence electrons. The van der Waals surface area contributed by atoms with Crippen LogP contribution in [0, 0.1) is 12.7 Å². The van der Waals surface area contributed by atoms with Crippen molar-refractivity contribution in [2.24, 2.45) is 0 Å². The number of anilines is 1. The molecule has 1 aromatic heterocycles. The molecule has 0 bridgehead atoms. The van der Waals surface area contributed by atoms with Gasteiger partial charge in [0.25, 0.3) is 5.91 Å². The highest BCUT2D eigenvalue weighted by Crippen LogP contribution is 2.17. The van der Waals surface area contributed by atoms with E-state index in [1.165, 1.54) is 23.7 Å². The SMILES string of the molecule is Cc1cc(NC(=O)COc2ccccc2F)sn1. The van der Waals surface area contributed by atoms with E-state index in [4.69, 9.17) is 4.74 Å². The Bertz CT molecular complexity index is 557. The third-order valence-corrected chi connectivity index (χ3v) is 2.88. The minimum atomic E-state index is -0.487. The Labute approximate surface area is 108 Å². The lowest BCUT2D eigenvalue weighted by molar-refractivity contribution is -0.118. The standard InChI is InChI=1S/C12H11FN2O2S/c1-8-6-12(18-15-8)14-11(16)7-17-10-5-3-2-4-9(10)13/h2-6H,7H2,1H3,(H,14,16). The van der Waals surface area contributed by atoms with Crippen LogP contribution in [0.3, 0.4) is 0 Å². The molecule has 1 aromatic carbocycles. The Morgan fingerprint density at radius 2 is 2.28 bits per heavy atom. The molecule has 1 N–H and O–H groups in total. The molecule has 0 atom stereocenters. The number of aromatic nitrogens is 1. The van der Waals surface area contributed by atoms with Crippen molar-refractivity contribution in [1.82, 2.24) is 4.37 Å². The van der Waals surface area contributed by atoms with Crippen LogP contribution >= 0.6 is 11.5 Å². The van der Waals surface area contributed by atoms with Crippen molar-refractivity contribution in [3.8, 4) is 5.75 Å². The van der Waals surface area contributed by atoms with Crippen LogP contribution < -0.4 is 10.1 Å². The van der Waals surface area contributed by atoms with E-state index in [2.05, 4.69) is 9.69 Å². The fourth-order valence-electron chi connectivity index (χ4n) is 1.30. The van der Waals surface area contributed by atoms with Crippen molar-refractivity contribution in [2.75, 3.05) is 11.9 Å². The summed E-state index contributed by atoms with van der Waals surface area (Å²) < 4.78 is 22.3. The predicted octanol–water partition coefficient (Wildman–Crippen LogP) is 2.61. The molecule has 1 amide bonds. The number of ether oxygens (including phenoxy) is 1. The molecule has 0 radical (unpaired) electrons. The van der Waals surface area contributed by atoms with Gasteiger partial charge < -0.3 is 10.1 Å². The topological polar surface area (TPSA) is 51.2 Å². The Balaban J connectivity index is 1.87. The summed E-state index contributed by atoms with van der Waals surface area (Å²) in [7, 11) is 0. The molecule has 0 spiro atoms. The van der Waals surface area contributed by atoms with Crippen molar-refractivity contribution in [3.63, 3.8) is 0 Å². The summed E-state index contributed by atoms with van der Waals surface area (Å²) >= 11 is 1.19. The first-order chi connectivity index (χ1) is 8.65. The van der Waals surface area contributed by atoms with Crippen LogP contribution in [-0.2, 0) is 4.79 Å². The molecule has 2 rings (SSSR count). The highest BCUT2D eigenvalue weighted by atomic mass is 32.1. The van der Waals surface area contributed by atoms with E-state index in [1.54, 1.807) is 18.2 Å². The Morgan fingerprint density at radius 3 is 2.94 bits per heavy atom. The highest BCUT2D eigenvalue weighted by molar-refractivity contribution is 7.10. The molecule has 6 heteroatoms. The summed E-state index contributed by atoms with van der Waals surface area (Å²) in [6.07, 6.45) is 0. The maximum absolute atomic E-state index is 13.2. The maximum atomic E-state index is 13.2. The smallest absolute Gasteiger partial charge is 0.262 e. The summed E-state index contributed by atoms with van der Waals surface area (Å²) in [5.41, 5.74) is 0.838. The number of nitrogens with zero attached hydrogens (tertiary/aromatic N) is 1. The van der Waals surface area contributed by atoms with Gasteiger partial charge in [0.15, 0.2) is 18.2 Å². The van der Waals surface area contributed by atoms with E-state index < -0.39 is 5.82 Å². The zero-order valence-electron chi connectivity index (χ0n) is 9.64. The van der Waals surface area contributed by atoms with Crippen LogP contribution in [0.4, 0.5) is 9.39 Å². The zero-order chi connectivity index (χ0) is 13.0. The van der Waals surface area contributed by atoms with E-state index >= 15 is 0 Å². The minimum absolute atomic E-state index is 0.0631. The average Bonchev–Trinajstić information content (AvgIpc) is 2.74. The Hall–Kier alpha value is -1.95. The molecule has 2 aromatic rings. The van der Waals surface area contributed by atoms with Crippen molar-refractivity contribution >= 4 is 22.4 Å². The third kappa shape index (κ3) is 3.27. The van der Waals surface area contributed by atoms with Gasteiger partial charge in [-0.15, -0.1) is 0 Å². The van der Waals surface area contributed by atoms with Crippen molar-refractivity contribution < 1.29 is 13.9 Å². The van der Waals surface area contributed by atoms with Crippen molar-refractivity contribution in [1.29, 1.82) is 0 Å². The van der Waals surface area contributed by atoms with Gasteiger partial charge in [-0.1, -0.05) is 12.1 Å². The maximum Gasteiger partial charge on any atom is 0.262 e. The van der Waals surface area contributed by atoms with E-state index in [0.717, 1.165) is 5.69 Å². The molecule has 0 unspecified atom stereocenters. The summed E-state index contributed by atoms with van der Waals surface area (Å²) in [5, 5.41) is 3.27. The van der Waals surface area contributed by atoms with Crippen molar-refractivity contribution in [2.45, 2.75) is 6.92 Å². The number of para-hydroxylation sites is 1. The van der Waals surface area contributed by atoms with Gasteiger partial charge in [0, 0.05) is 0 Å². The van der Waals surface area contributed by atoms with Crippen LogP contribution in [0.25, 0.3) is 0 Å². The van der Waals surface area contributed by atoms with E-state index in [0.29, 0.717) is 5.00 Å². The number of carbonyl (C=O) groups excluding carboxylic acids is 1. The average molecular weight is 266 g/mol. The zero-order valence-corrected chi connectivity index (χ0v) is 10.5. The van der Waals surface area contributed by atoms with Gasteiger partial charge in [-0.2, -0.15) is 4.37 Å². The first-order valence-electron chi connectivity index (χ1n) is 5.25. The van der Waals surface area contributed by atoms with Gasteiger partial charge in [-0.3, -0.25) is 4.79 Å². The molecular weight excluding hydrogens is 255 g/mol. The molecule has 0 aliphatic heterocycles. The lowest BCUT2D eigenvalue weighted by atomic mass is 10.3. The molecule has 0 fully saturated rings.